The van der Waals surface area contributed by atoms with Crippen molar-refractivity contribution < 1.29 is 9.90 Å². The quantitative estimate of drug-likeness (QED) is 0.613. The van der Waals surface area contributed by atoms with Crippen LogP contribution in [0.3, 0.4) is 0 Å². The molecule has 0 aliphatic rings. The molecular formula is C7H13O2. The zero-order valence-electron chi connectivity index (χ0n) is 5.76. The highest BCUT2D eigenvalue weighted by atomic mass is 16.3. The van der Waals surface area contributed by atoms with Gasteiger partial charge < -0.3 is 5.11 Å². The fourth-order valence-corrected chi connectivity index (χ4v) is 0.574. The van der Waals surface area contributed by atoms with Gasteiger partial charge in [-0.15, -0.1) is 0 Å². The minimum atomic E-state index is -0.829. The van der Waals surface area contributed by atoms with Crippen molar-refractivity contribution in [2.45, 2.75) is 32.3 Å². The van der Waals surface area contributed by atoms with Crippen LogP contribution in [0.5, 0.6) is 0 Å². The van der Waals surface area contributed by atoms with Gasteiger partial charge in [-0.25, -0.2) is 0 Å². The summed E-state index contributed by atoms with van der Waals surface area (Å²) in [5, 5.41) is 8.85. The Kier molecular flexibility index (Phi) is 4.32. The highest BCUT2D eigenvalue weighted by Crippen LogP contribution is 1.97. The van der Waals surface area contributed by atoms with E-state index < -0.39 is 6.10 Å². The van der Waals surface area contributed by atoms with E-state index >= 15 is 0 Å². The molecule has 0 bridgehead atoms. The summed E-state index contributed by atoms with van der Waals surface area (Å²) >= 11 is 0. The van der Waals surface area contributed by atoms with Gasteiger partial charge in [-0.2, -0.15) is 0 Å². The molecule has 1 radical (unpaired) electrons. The van der Waals surface area contributed by atoms with Gasteiger partial charge in [-0.1, -0.05) is 13.8 Å². The van der Waals surface area contributed by atoms with Crippen molar-refractivity contribution in [2.75, 3.05) is 0 Å². The summed E-state index contributed by atoms with van der Waals surface area (Å²) in [5.41, 5.74) is 0. The molecule has 0 heterocycles. The molecule has 0 aromatic carbocycles. The van der Waals surface area contributed by atoms with Crippen LogP contribution in [0.2, 0.25) is 0 Å². The van der Waals surface area contributed by atoms with Crippen molar-refractivity contribution in [1.29, 1.82) is 0 Å². The second kappa shape index (κ2) is 4.50. The molecule has 9 heavy (non-hydrogen) atoms. The van der Waals surface area contributed by atoms with Crippen LogP contribution in [0.4, 0.5) is 0 Å². The second-order valence-electron chi connectivity index (χ2n) is 2.02. The molecule has 53 valence electrons. The monoisotopic (exact) mass is 129 g/mol. The Labute approximate surface area is 55.9 Å². The van der Waals surface area contributed by atoms with Crippen LogP contribution >= 0.6 is 0 Å². The van der Waals surface area contributed by atoms with E-state index in [-0.39, 0.29) is 5.78 Å². The summed E-state index contributed by atoms with van der Waals surface area (Å²) in [6.07, 6.45) is 0.732. The molecule has 0 amide bonds. The third-order valence-corrected chi connectivity index (χ3v) is 1.14. The zero-order valence-corrected chi connectivity index (χ0v) is 5.76. The average molecular weight is 129 g/mol. The van der Waals surface area contributed by atoms with Crippen molar-refractivity contribution in [3.05, 3.63) is 6.92 Å². The highest BCUT2D eigenvalue weighted by molar-refractivity contribution is 5.82. The standard InChI is InChI=1S/C7H13O2/c1-3-5-7(9)6(8)4-2/h6,8H,2-5H2,1H3. The summed E-state index contributed by atoms with van der Waals surface area (Å²) in [5.74, 6) is -0.0903. The number of ketones is 1. The van der Waals surface area contributed by atoms with Crippen molar-refractivity contribution >= 4 is 5.78 Å². The molecule has 1 N–H and O–H groups in total. The van der Waals surface area contributed by atoms with E-state index in [1.165, 1.54) is 0 Å². The third-order valence-electron chi connectivity index (χ3n) is 1.14. The van der Waals surface area contributed by atoms with Gasteiger partial charge in [0.1, 0.15) is 6.10 Å². The number of Topliss-reactive ketones (excluding diaryl/α,β-unsaturated/α-hetero) is 1. The molecule has 0 rings (SSSR count). The number of aliphatic hydroxyl groups excluding tert-OH is 1. The van der Waals surface area contributed by atoms with Gasteiger partial charge in [0.25, 0.3) is 0 Å². The maximum Gasteiger partial charge on any atom is 0.161 e. The molecule has 1 atom stereocenters. The van der Waals surface area contributed by atoms with E-state index in [1.807, 2.05) is 6.92 Å². The van der Waals surface area contributed by atoms with Crippen molar-refractivity contribution in [3.63, 3.8) is 0 Å². The first-order valence-corrected chi connectivity index (χ1v) is 3.22. The largest absolute Gasteiger partial charge is 0.385 e. The Morgan fingerprint density at radius 1 is 1.78 bits per heavy atom. The molecule has 0 aromatic rings. The molecule has 0 saturated heterocycles. The maximum absolute atomic E-state index is 10.7. The van der Waals surface area contributed by atoms with E-state index in [2.05, 4.69) is 6.92 Å². The Morgan fingerprint density at radius 3 is 2.67 bits per heavy atom. The van der Waals surface area contributed by atoms with Gasteiger partial charge >= 0.3 is 0 Å². The predicted octanol–water partition coefficient (Wildman–Crippen LogP) is 0.941. The zero-order chi connectivity index (χ0) is 7.28. The van der Waals surface area contributed by atoms with Gasteiger partial charge in [0.15, 0.2) is 5.78 Å². The maximum atomic E-state index is 10.7. The summed E-state index contributed by atoms with van der Waals surface area (Å²) in [4.78, 5) is 10.7. The van der Waals surface area contributed by atoms with Crippen molar-refractivity contribution in [1.82, 2.24) is 0 Å². The van der Waals surface area contributed by atoms with Gasteiger partial charge in [0.05, 0.1) is 0 Å². The number of aliphatic hydroxyl groups is 1. The van der Waals surface area contributed by atoms with E-state index in [1.54, 1.807) is 0 Å². The molecule has 0 aliphatic carbocycles. The Balaban J connectivity index is 3.46. The lowest BCUT2D eigenvalue weighted by Crippen LogP contribution is -2.18. The molecule has 0 saturated carbocycles. The first kappa shape index (κ1) is 8.63. The van der Waals surface area contributed by atoms with E-state index in [4.69, 9.17) is 5.11 Å². The summed E-state index contributed by atoms with van der Waals surface area (Å²) < 4.78 is 0. The van der Waals surface area contributed by atoms with Crippen molar-refractivity contribution in [2.24, 2.45) is 0 Å². The van der Waals surface area contributed by atoms with Crippen molar-refractivity contribution in [3.8, 4) is 0 Å². The Hall–Kier alpha value is -0.370. The van der Waals surface area contributed by atoms with Crippen LogP contribution in [0.25, 0.3) is 0 Å². The Bertz CT molecular complexity index is 88.9. The molecule has 2 heteroatoms. The molecule has 0 spiro atoms. The van der Waals surface area contributed by atoms with E-state index in [9.17, 15) is 4.79 Å². The van der Waals surface area contributed by atoms with Crippen LogP contribution in [-0.4, -0.2) is 17.0 Å². The number of carbonyl (C=O) groups excluding carboxylic acids is 1. The summed E-state index contributed by atoms with van der Waals surface area (Å²) in [6.45, 7) is 5.33. The number of hydrogen-bond acceptors (Lipinski definition) is 2. The first-order valence-electron chi connectivity index (χ1n) is 3.22. The fraction of sp³-hybridized carbons (Fsp3) is 0.714. The predicted molar refractivity (Wildman–Crippen MR) is 35.9 cm³/mol. The molecule has 0 aromatic heterocycles. The molecule has 1 unspecified atom stereocenters. The lowest BCUT2D eigenvalue weighted by Gasteiger charge is -2.03. The minimum absolute atomic E-state index is 0.0903. The van der Waals surface area contributed by atoms with Gasteiger partial charge in [0, 0.05) is 6.42 Å². The fourth-order valence-electron chi connectivity index (χ4n) is 0.574. The number of hydrogen-bond donors (Lipinski definition) is 1. The van der Waals surface area contributed by atoms with E-state index in [0.717, 1.165) is 6.42 Å². The lowest BCUT2D eigenvalue weighted by atomic mass is 10.1. The minimum Gasteiger partial charge on any atom is -0.385 e. The van der Waals surface area contributed by atoms with Gasteiger partial charge in [-0.3, -0.25) is 4.79 Å². The highest BCUT2D eigenvalue weighted by Gasteiger charge is 2.09. The van der Waals surface area contributed by atoms with Crippen LogP contribution in [0, 0.1) is 6.92 Å². The topological polar surface area (TPSA) is 37.3 Å². The molecule has 0 aliphatic heterocycles. The molecular weight excluding hydrogens is 116 g/mol. The average Bonchev–Trinajstić information content (AvgIpc) is 1.87. The smallest absolute Gasteiger partial charge is 0.161 e. The summed E-state index contributed by atoms with van der Waals surface area (Å²) in [6, 6.07) is 0. The van der Waals surface area contributed by atoms with Crippen LogP contribution in [0.15, 0.2) is 0 Å². The SMILES string of the molecule is [CH2]CC(O)C(=O)CCC. The second-order valence-corrected chi connectivity index (χ2v) is 2.02. The molecule has 2 nitrogen and oxygen atoms in total. The Morgan fingerprint density at radius 2 is 2.33 bits per heavy atom. The van der Waals surface area contributed by atoms with E-state index in [0.29, 0.717) is 12.8 Å². The number of carbonyl (C=O) groups is 1. The van der Waals surface area contributed by atoms with Crippen LogP contribution in [-0.2, 0) is 4.79 Å². The number of rotatable bonds is 4. The van der Waals surface area contributed by atoms with Gasteiger partial charge in [0.2, 0.25) is 0 Å². The van der Waals surface area contributed by atoms with Crippen LogP contribution < -0.4 is 0 Å². The van der Waals surface area contributed by atoms with Gasteiger partial charge in [-0.05, 0) is 12.8 Å². The normalized spacial score (nSPS) is 13.2. The first-order chi connectivity index (χ1) is 4.22. The van der Waals surface area contributed by atoms with Crippen LogP contribution in [0.1, 0.15) is 26.2 Å². The summed E-state index contributed by atoms with van der Waals surface area (Å²) in [7, 11) is 0. The lowest BCUT2D eigenvalue weighted by molar-refractivity contribution is -0.126. The molecule has 0 fully saturated rings. The third kappa shape index (κ3) is 3.25.